The minimum absolute atomic E-state index is 0.0848. The number of nitrogens with zero attached hydrogens (tertiary/aromatic N) is 2. The van der Waals surface area contributed by atoms with Crippen molar-refractivity contribution in [2.45, 2.75) is 33.2 Å². The first kappa shape index (κ1) is 27.0. The zero-order chi connectivity index (χ0) is 26.1. The van der Waals surface area contributed by atoms with E-state index in [4.69, 9.17) is 9.47 Å². The van der Waals surface area contributed by atoms with Crippen molar-refractivity contribution in [2.24, 2.45) is 0 Å². The van der Waals surface area contributed by atoms with Crippen LogP contribution in [0.25, 0.3) is 5.76 Å². The lowest BCUT2D eigenvalue weighted by atomic mass is 9.95. The van der Waals surface area contributed by atoms with Gasteiger partial charge in [0.05, 0.1) is 18.2 Å². The third-order valence-corrected chi connectivity index (χ3v) is 6.26. The van der Waals surface area contributed by atoms with Crippen LogP contribution in [-0.4, -0.2) is 66.0 Å². The highest BCUT2D eigenvalue weighted by Crippen LogP contribution is 2.39. The number of aliphatic hydroxyl groups is 1. The van der Waals surface area contributed by atoms with Gasteiger partial charge in [-0.05, 0) is 61.5 Å². The maximum atomic E-state index is 13.2. The molecule has 2 aromatic rings. The minimum Gasteiger partial charge on any atom is -0.507 e. The van der Waals surface area contributed by atoms with E-state index in [9.17, 15) is 14.7 Å². The first-order valence-electron chi connectivity index (χ1n) is 12.5. The van der Waals surface area contributed by atoms with Gasteiger partial charge in [-0.3, -0.25) is 9.59 Å². The number of ketones is 1. The molecule has 2 aromatic carbocycles. The molecule has 0 radical (unpaired) electrons. The number of carbonyl (C=O) groups excluding carboxylic acids is 2. The van der Waals surface area contributed by atoms with Crippen LogP contribution in [0.15, 0.2) is 66.8 Å². The van der Waals surface area contributed by atoms with Crippen LogP contribution in [0.3, 0.4) is 0 Å². The first-order chi connectivity index (χ1) is 17.4. The smallest absolute Gasteiger partial charge is 0.295 e. The molecule has 7 nitrogen and oxygen atoms in total. The second kappa shape index (κ2) is 12.9. The van der Waals surface area contributed by atoms with E-state index in [2.05, 4.69) is 25.3 Å². The predicted molar refractivity (Wildman–Crippen MR) is 141 cm³/mol. The maximum Gasteiger partial charge on any atom is 0.295 e. The number of rotatable bonds is 13. The number of hydrogen-bond acceptors (Lipinski definition) is 6. The van der Waals surface area contributed by atoms with Gasteiger partial charge in [0.1, 0.15) is 23.9 Å². The summed E-state index contributed by atoms with van der Waals surface area (Å²) in [4.78, 5) is 30.1. The van der Waals surface area contributed by atoms with E-state index in [0.717, 1.165) is 25.1 Å². The van der Waals surface area contributed by atoms with Crippen molar-refractivity contribution in [1.29, 1.82) is 0 Å². The van der Waals surface area contributed by atoms with E-state index in [1.807, 2.05) is 19.1 Å². The van der Waals surface area contributed by atoms with Crippen molar-refractivity contribution in [3.63, 3.8) is 0 Å². The summed E-state index contributed by atoms with van der Waals surface area (Å²) in [5.74, 6) is -0.155. The molecule has 1 aliphatic heterocycles. The molecule has 1 N–H and O–H groups in total. The lowest BCUT2D eigenvalue weighted by Gasteiger charge is -2.28. The number of ether oxygens (including phenoxy) is 2. The van der Waals surface area contributed by atoms with Crippen molar-refractivity contribution >= 4 is 17.4 Å². The zero-order valence-corrected chi connectivity index (χ0v) is 21.4. The van der Waals surface area contributed by atoms with Crippen LogP contribution in [0.5, 0.6) is 11.5 Å². The summed E-state index contributed by atoms with van der Waals surface area (Å²) < 4.78 is 11.2. The van der Waals surface area contributed by atoms with Gasteiger partial charge in [-0.1, -0.05) is 45.6 Å². The van der Waals surface area contributed by atoms with E-state index < -0.39 is 17.7 Å². The third kappa shape index (κ3) is 6.15. The van der Waals surface area contributed by atoms with Crippen LogP contribution < -0.4 is 9.47 Å². The molecule has 0 aromatic heterocycles. The van der Waals surface area contributed by atoms with E-state index >= 15 is 0 Å². The molecule has 1 heterocycles. The van der Waals surface area contributed by atoms with Crippen LogP contribution in [0.4, 0.5) is 0 Å². The average Bonchev–Trinajstić information content (AvgIpc) is 3.16. The van der Waals surface area contributed by atoms with Crippen LogP contribution in [0.2, 0.25) is 0 Å². The molecule has 1 saturated heterocycles. The Bertz CT molecular complexity index is 1070. The van der Waals surface area contributed by atoms with E-state index in [-0.39, 0.29) is 11.3 Å². The Balaban J connectivity index is 2.01. The zero-order valence-electron chi connectivity index (χ0n) is 21.4. The standard InChI is InChI=1S/C29H36N2O5/c1-5-19-35-23-13-9-21(10-14-23)26-25(27(32)22-11-15-24(16-12-22)36-20-6-2)28(33)29(34)31(26)18-17-30(7-3)8-4/h5,9-16,26,32H,1,6-8,17-20H2,2-4H3/t26-/m1/s1. The first-order valence-corrected chi connectivity index (χ1v) is 12.5. The van der Waals surface area contributed by atoms with Gasteiger partial charge >= 0.3 is 0 Å². The van der Waals surface area contributed by atoms with Crippen molar-refractivity contribution in [3.8, 4) is 11.5 Å². The molecule has 1 aliphatic rings. The fourth-order valence-electron chi connectivity index (χ4n) is 4.23. The molecular weight excluding hydrogens is 456 g/mol. The summed E-state index contributed by atoms with van der Waals surface area (Å²) >= 11 is 0. The van der Waals surface area contributed by atoms with Crippen LogP contribution >= 0.6 is 0 Å². The SMILES string of the molecule is C=CCOc1ccc([C@@H]2C(=C(O)c3ccc(OCCC)cc3)C(=O)C(=O)N2CCN(CC)CC)cc1. The molecule has 0 spiro atoms. The second-order valence-electron chi connectivity index (χ2n) is 8.56. The number of aliphatic hydroxyl groups excluding tert-OH is 1. The normalized spacial score (nSPS) is 17.0. The van der Waals surface area contributed by atoms with E-state index in [1.54, 1.807) is 47.4 Å². The molecule has 192 valence electrons. The van der Waals surface area contributed by atoms with Gasteiger partial charge in [-0.15, -0.1) is 0 Å². The highest BCUT2D eigenvalue weighted by Gasteiger charge is 2.46. The Hall–Kier alpha value is -3.58. The Kier molecular flexibility index (Phi) is 9.70. The highest BCUT2D eigenvalue weighted by atomic mass is 16.5. The van der Waals surface area contributed by atoms with Gasteiger partial charge in [-0.2, -0.15) is 0 Å². The largest absolute Gasteiger partial charge is 0.507 e. The molecule has 7 heteroatoms. The van der Waals surface area contributed by atoms with E-state index in [1.165, 1.54) is 0 Å². The molecular formula is C29H36N2O5. The molecule has 1 atom stereocenters. The third-order valence-electron chi connectivity index (χ3n) is 6.26. The monoisotopic (exact) mass is 492 g/mol. The molecule has 0 saturated carbocycles. The molecule has 1 amide bonds. The Labute approximate surface area is 213 Å². The van der Waals surface area contributed by atoms with Gasteiger partial charge in [0.15, 0.2) is 0 Å². The number of likely N-dealkylation sites (tertiary alicyclic amines) is 1. The molecule has 1 fully saturated rings. The number of carbonyl (C=O) groups is 2. The molecule has 0 aliphatic carbocycles. The van der Waals surface area contributed by atoms with Crippen LogP contribution in [-0.2, 0) is 9.59 Å². The number of benzene rings is 2. The lowest BCUT2D eigenvalue weighted by molar-refractivity contribution is -0.140. The molecule has 0 bridgehead atoms. The number of likely N-dealkylation sites (N-methyl/N-ethyl adjacent to an activating group) is 1. The lowest BCUT2D eigenvalue weighted by Crippen LogP contribution is -2.38. The van der Waals surface area contributed by atoms with Crippen LogP contribution in [0, 0.1) is 0 Å². The van der Waals surface area contributed by atoms with Gasteiger partial charge in [0.25, 0.3) is 11.7 Å². The van der Waals surface area contributed by atoms with Crippen molar-refractivity contribution < 1.29 is 24.2 Å². The fourth-order valence-corrected chi connectivity index (χ4v) is 4.23. The Morgan fingerprint density at radius 3 is 2.19 bits per heavy atom. The van der Waals surface area contributed by atoms with E-state index in [0.29, 0.717) is 43.4 Å². The Morgan fingerprint density at radius 2 is 1.61 bits per heavy atom. The van der Waals surface area contributed by atoms with Gasteiger partial charge in [0.2, 0.25) is 0 Å². The number of hydrogen-bond donors (Lipinski definition) is 1. The summed E-state index contributed by atoms with van der Waals surface area (Å²) in [6.45, 7) is 13.4. The molecule has 36 heavy (non-hydrogen) atoms. The summed E-state index contributed by atoms with van der Waals surface area (Å²) in [7, 11) is 0. The summed E-state index contributed by atoms with van der Waals surface area (Å²) in [6, 6.07) is 13.4. The topological polar surface area (TPSA) is 79.3 Å². The van der Waals surface area contributed by atoms with Gasteiger partial charge in [0, 0.05) is 18.7 Å². The van der Waals surface area contributed by atoms with Crippen molar-refractivity contribution in [2.75, 3.05) is 39.4 Å². The summed E-state index contributed by atoms with van der Waals surface area (Å²) in [5, 5.41) is 11.3. The van der Waals surface area contributed by atoms with Gasteiger partial charge < -0.3 is 24.4 Å². The maximum absolute atomic E-state index is 13.2. The van der Waals surface area contributed by atoms with Gasteiger partial charge in [-0.25, -0.2) is 0 Å². The Morgan fingerprint density at radius 1 is 1.00 bits per heavy atom. The van der Waals surface area contributed by atoms with Crippen molar-refractivity contribution in [1.82, 2.24) is 9.80 Å². The fraction of sp³-hybridized carbons (Fsp3) is 0.379. The second-order valence-corrected chi connectivity index (χ2v) is 8.56. The minimum atomic E-state index is -0.704. The summed E-state index contributed by atoms with van der Waals surface area (Å²) in [5.41, 5.74) is 1.27. The quantitative estimate of drug-likeness (QED) is 0.187. The van der Waals surface area contributed by atoms with Crippen molar-refractivity contribution in [3.05, 3.63) is 77.9 Å². The predicted octanol–water partition coefficient (Wildman–Crippen LogP) is 4.80. The highest BCUT2D eigenvalue weighted by molar-refractivity contribution is 6.46. The summed E-state index contributed by atoms with van der Waals surface area (Å²) in [6.07, 6.45) is 2.55. The average molecular weight is 493 g/mol. The molecule has 3 rings (SSSR count). The van der Waals surface area contributed by atoms with Crippen LogP contribution in [0.1, 0.15) is 44.4 Å². The molecule has 0 unspecified atom stereocenters. The number of amides is 1. The number of Topliss-reactive ketones (excluding diaryl/α,β-unsaturated/α-hetero) is 1.